The molecule has 7 rings (SSSR count). The summed E-state index contributed by atoms with van der Waals surface area (Å²) in [4.78, 5) is 41.1. The fourth-order valence-corrected chi connectivity index (χ4v) is 9.20. The van der Waals surface area contributed by atoms with Crippen LogP contribution >= 0.6 is 22.7 Å². The van der Waals surface area contributed by atoms with Crippen LogP contribution in [0.15, 0.2) is 36.4 Å². The van der Waals surface area contributed by atoms with Gasteiger partial charge < -0.3 is 24.2 Å². The average molecular weight is 658 g/mol. The summed E-state index contributed by atoms with van der Waals surface area (Å²) in [5, 5.41) is 12.0. The van der Waals surface area contributed by atoms with Crippen LogP contribution in [0.5, 0.6) is 0 Å². The fourth-order valence-electron chi connectivity index (χ4n) is 7.19. The molecule has 0 spiro atoms. The molecule has 1 aliphatic carbocycles. The third-order valence-electron chi connectivity index (χ3n) is 9.20. The van der Waals surface area contributed by atoms with Gasteiger partial charge in [0.2, 0.25) is 5.91 Å². The van der Waals surface area contributed by atoms with E-state index in [1.807, 2.05) is 32.8 Å². The number of carbonyl (C=O) groups excluding carboxylic acids is 1. The fraction of sp³-hybridized carbons (Fsp3) is 0.429. The zero-order chi connectivity index (χ0) is 32.1. The van der Waals surface area contributed by atoms with Crippen molar-refractivity contribution in [3.8, 4) is 21.8 Å². The Hall–Kier alpha value is -3.64. The van der Waals surface area contributed by atoms with E-state index in [9.17, 15) is 14.7 Å². The Morgan fingerprint density at radius 2 is 1.87 bits per heavy atom. The largest absolute Gasteiger partial charge is 0.477 e. The number of carbonyl (C=O) groups is 2. The molecule has 5 heterocycles. The smallest absolute Gasteiger partial charge is 0.345 e. The summed E-state index contributed by atoms with van der Waals surface area (Å²) in [6, 6.07) is 12.3. The lowest BCUT2D eigenvalue weighted by molar-refractivity contribution is -0.139. The Morgan fingerprint density at radius 1 is 1.07 bits per heavy atom. The van der Waals surface area contributed by atoms with E-state index in [0.29, 0.717) is 30.5 Å². The molecule has 1 saturated heterocycles. The number of aromatic nitrogens is 3. The highest BCUT2D eigenvalue weighted by Gasteiger charge is 2.32. The van der Waals surface area contributed by atoms with Gasteiger partial charge >= 0.3 is 5.97 Å². The van der Waals surface area contributed by atoms with Crippen molar-refractivity contribution in [3.63, 3.8) is 0 Å². The first-order chi connectivity index (χ1) is 22.2. The molecule has 1 N–H and O–H groups in total. The number of hydrogen-bond donors (Lipinski definition) is 1. The molecule has 46 heavy (non-hydrogen) atoms. The summed E-state index contributed by atoms with van der Waals surface area (Å²) in [5.41, 5.74) is 6.87. The van der Waals surface area contributed by atoms with E-state index >= 15 is 0 Å². The molecule has 1 unspecified atom stereocenters. The van der Waals surface area contributed by atoms with Gasteiger partial charge in [-0.15, -0.1) is 22.7 Å². The lowest BCUT2D eigenvalue weighted by Gasteiger charge is -2.34. The predicted molar refractivity (Wildman–Crippen MR) is 184 cm³/mol. The average Bonchev–Trinajstić information content (AvgIpc) is 3.82. The summed E-state index contributed by atoms with van der Waals surface area (Å²) in [6.45, 7) is 6.52. The van der Waals surface area contributed by atoms with Crippen LogP contribution in [0.2, 0.25) is 0 Å². The van der Waals surface area contributed by atoms with Crippen LogP contribution in [0.3, 0.4) is 0 Å². The van der Waals surface area contributed by atoms with Crippen molar-refractivity contribution in [2.45, 2.75) is 58.1 Å². The zero-order valence-corrected chi connectivity index (χ0v) is 28.3. The number of carboxylic acids is 1. The molecule has 1 aromatic carbocycles. The number of carboxylic acid groups (broad SMARTS) is 1. The Kier molecular flexibility index (Phi) is 8.43. The highest BCUT2D eigenvalue weighted by Crippen LogP contribution is 2.48. The van der Waals surface area contributed by atoms with Gasteiger partial charge in [0.25, 0.3) is 0 Å². The minimum Gasteiger partial charge on any atom is -0.477 e. The maximum atomic E-state index is 14.0. The van der Waals surface area contributed by atoms with Crippen molar-refractivity contribution in [3.05, 3.63) is 57.5 Å². The first-order valence-corrected chi connectivity index (χ1v) is 17.6. The van der Waals surface area contributed by atoms with Gasteiger partial charge in [-0.1, -0.05) is 25.0 Å². The quantitative estimate of drug-likeness (QED) is 0.196. The van der Waals surface area contributed by atoms with E-state index in [0.717, 1.165) is 85.9 Å². The summed E-state index contributed by atoms with van der Waals surface area (Å²) in [5.74, 6) is -0.596. The molecule has 1 saturated carbocycles. The van der Waals surface area contributed by atoms with Crippen LogP contribution in [0.25, 0.3) is 42.9 Å². The van der Waals surface area contributed by atoms with Crippen molar-refractivity contribution in [1.82, 2.24) is 24.3 Å². The summed E-state index contributed by atoms with van der Waals surface area (Å²) >= 11 is 2.99. The number of benzene rings is 1. The molecule has 9 nitrogen and oxygen atoms in total. The maximum absolute atomic E-state index is 14.0. The molecule has 5 aromatic rings. The summed E-state index contributed by atoms with van der Waals surface area (Å²) < 4.78 is 9.04. The third-order valence-corrected chi connectivity index (χ3v) is 11.4. The Balaban J connectivity index is 1.34. The summed E-state index contributed by atoms with van der Waals surface area (Å²) in [7, 11) is 4.02. The molecule has 11 heteroatoms. The molecular weight excluding hydrogens is 619 g/mol. The minimum atomic E-state index is -0.934. The Morgan fingerprint density at radius 3 is 2.59 bits per heavy atom. The number of aryl methyl sites for hydroxylation is 2. The third kappa shape index (κ3) is 5.85. The second-order valence-electron chi connectivity index (χ2n) is 12.8. The van der Waals surface area contributed by atoms with E-state index in [1.165, 1.54) is 16.9 Å². The van der Waals surface area contributed by atoms with Crippen molar-refractivity contribution in [1.29, 1.82) is 0 Å². The molecular formula is C35H39N5O4S2. The van der Waals surface area contributed by atoms with Gasteiger partial charge in [0.1, 0.15) is 11.4 Å². The van der Waals surface area contributed by atoms with E-state index < -0.39 is 5.97 Å². The first kappa shape index (κ1) is 31.0. The zero-order valence-electron chi connectivity index (χ0n) is 26.7. The highest BCUT2D eigenvalue weighted by molar-refractivity contribution is 7.21. The van der Waals surface area contributed by atoms with Gasteiger partial charge in [0, 0.05) is 25.0 Å². The number of likely N-dealkylation sites (N-methyl/N-ethyl adjacent to an activating group) is 1. The number of morpholine rings is 1. The van der Waals surface area contributed by atoms with Gasteiger partial charge in [0.15, 0.2) is 0 Å². The van der Waals surface area contributed by atoms with E-state index in [4.69, 9.17) is 9.72 Å². The van der Waals surface area contributed by atoms with Crippen LogP contribution in [0.4, 0.5) is 0 Å². The number of pyridine rings is 1. The van der Waals surface area contributed by atoms with E-state index in [2.05, 4.69) is 44.8 Å². The summed E-state index contributed by atoms with van der Waals surface area (Å²) in [6.07, 6.45) is 4.37. The molecule has 1 amide bonds. The molecule has 4 aromatic heterocycles. The molecule has 0 radical (unpaired) electrons. The van der Waals surface area contributed by atoms with Gasteiger partial charge in [-0.2, -0.15) is 0 Å². The van der Waals surface area contributed by atoms with Crippen molar-refractivity contribution in [2.24, 2.45) is 0 Å². The van der Waals surface area contributed by atoms with Crippen LogP contribution < -0.4 is 0 Å². The number of aromatic carboxylic acids is 1. The lowest BCUT2D eigenvalue weighted by atomic mass is 9.94. The molecule has 0 bridgehead atoms. The van der Waals surface area contributed by atoms with E-state index in [1.54, 1.807) is 17.4 Å². The Bertz CT molecular complexity index is 1950. The van der Waals surface area contributed by atoms with Gasteiger partial charge in [-0.3, -0.25) is 4.79 Å². The number of hydrogen-bond acceptors (Lipinski definition) is 8. The number of nitrogens with zero attached hydrogens (tertiary/aromatic N) is 5. The van der Waals surface area contributed by atoms with Gasteiger partial charge in [-0.25, -0.2) is 14.8 Å². The SMILES string of the molecule is Cc1nc(C)c(-c2ccc3cc(-c4c(C5CCCC5)c5sc(C(=O)O)cc5n4CC(=O)N4CCOC(CN(C)C)C4)ccc3n2)s1. The number of thiazole rings is 1. The van der Waals surface area contributed by atoms with Crippen LogP contribution in [-0.2, 0) is 16.1 Å². The number of ether oxygens (including phenoxy) is 1. The highest BCUT2D eigenvalue weighted by atomic mass is 32.1. The molecule has 240 valence electrons. The number of rotatable bonds is 8. The van der Waals surface area contributed by atoms with Crippen molar-refractivity contribution >= 4 is 55.7 Å². The maximum Gasteiger partial charge on any atom is 0.345 e. The molecule has 1 aliphatic heterocycles. The number of amides is 1. The first-order valence-electron chi connectivity index (χ1n) is 15.9. The molecule has 2 aliphatic rings. The monoisotopic (exact) mass is 657 g/mol. The molecule has 1 atom stereocenters. The van der Waals surface area contributed by atoms with E-state index in [-0.39, 0.29) is 18.6 Å². The topological polar surface area (TPSA) is 101 Å². The standard InChI is InChI=1S/C35H39N5O4S2/c1-20-33(45-21(2)36-20)27-12-9-23-15-24(10-11-26(23)37-27)32-31(22-7-5-6-8-22)34-28(16-29(46-34)35(42)43)40(32)19-30(41)39-13-14-44-25(18-39)17-38(3)4/h9-12,15-16,22,25H,5-8,13-14,17-19H2,1-4H3,(H,42,43). The van der Waals surface area contributed by atoms with Gasteiger partial charge in [0.05, 0.1) is 55.4 Å². The second kappa shape index (κ2) is 12.5. The lowest BCUT2D eigenvalue weighted by Crippen LogP contribution is -2.49. The van der Waals surface area contributed by atoms with Gasteiger partial charge in [-0.05, 0) is 82.1 Å². The molecule has 2 fully saturated rings. The van der Waals surface area contributed by atoms with Crippen LogP contribution in [-0.4, -0.2) is 87.8 Å². The number of thiophene rings is 1. The van der Waals surface area contributed by atoms with Crippen molar-refractivity contribution in [2.75, 3.05) is 40.3 Å². The van der Waals surface area contributed by atoms with Crippen LogP contribution in [0.1, 0.15) is 57.5 Å². The predicted octanol–water partition coefficient (Wildman–Crippen LogP) is 6.80. The minimum absolute atomic E-state index is 0.0218. The second-order valence-corrected chi connectivity index (χ2v) is 15.1. The van der Waals surface area contributed by atoms with Crippen LogP contribution in [0, 0.1) is 13.8 Å². The normalized spacial score (nSPS) is 17.6. The number of fused-ring (bicyclic) bond motifs is 2. The van der Waals surface area contributed by atoms with Crippen molar-refractivity contribution < 1.29 is 19.4 Å². The Labute approximate surface area is 276 Å².